The van der Waals surface area contributed by atoms with Crippen LogP contribution in [0.2, 0.25) is 13.1 Å². The van der Waals surface area contributed by atoms with E-state index in [4.69, 9.17) is 8.83 Å². The van der Waals surface area contributed by atoms with Gasteiger partial charge in [0, 0.05) is 55.6 Å². The predicted octanol–water partition coefficient (Wildman–Crippen LogP) is 16.0. The van der Waals surface area contributed by atoms with Crippen LogP contribution in [-0.4, -0.2) is 8.07 Å². The number of nitrogens with zero attached hydrogens (tertiary/aromatic N) is 2. The lowest BCUT2D eigenvalue weighted by molar-refractivity contribution is 0.668. The van der Waals surface area contributed by atoms with Gasteiger partial charge in [0.05, 0.1) is 17.1 Å². The van der Waals surface area contributed by atoms with Crippen LogP contribution in [0.5, 0.6) is 0 Å². The molecule has 308 valence electrons. The highest BCUT2D eigenvalue weighted by Gasteiger charge is 2.37. The highest BCUT2D eigenvalue weighted by molar-refractivity contribution is 7.03. The number of furan rings is 2. The molecule has 0 saturated heterocycles. The molecule has 0 saturated carbocycles. The molecular weight excluding hydrogens is 809 g/mol. The number of hydrogen-bond donors (Lipinski definition) is 0. The van der Waals surface area contributed by atoms with Crippen molar-refractivity contribution in [1.29, 1.82) is 0 Å². The largest absolute Gasteiger partial charge is 0.456 e. The Morgan fingerprint density at radius 3 is 1.77 bits per heavy atom. The number of anilines is 6. The molecule has 0 bridgehead atoms. The zero-order valence-corrected chi connectivity index (χ0v) is 37.0. The molecule has 0 unspecified atom stereocenters. The van der Waals surface area contributed by atoms with Crippen LogP contribution in [0, 0.1) is 0 Å². The van der Waals surface area contributed by atoms with Crippen molar-refractivity contribution in [2.24, 2.45) is 0 Å². The lowest BCUT2D eigenvalue weighted by atomic mass is 9.94. The fraction of sp³-hybridized carbons (Fsp3) is 0.0333. The van der Waals surface area contributed by atoms with Gasteiger partial charge in [0.1, 0.15) is 24.8 Å². The number of fused-ring (bicyclic) bond motifs is 8. The molecule has 10 aromatic carbocycles. The summed E-state index contributed by atoms with van der Waals surface area (Å²) >= 11 is 0. The summed E-state index contributed by atoms with van der Waals surface area (Å²) in [5, 5.41) is 9.89. The monoisotopic (exact) mass is 850 g/mol. The van der Waals surface area contributed by atoms with Gasteiger partial charge in [-0.3, -0.25) is 0 Å². The molecular formula is C60H42N2O2Si. The van der Waals surface area contributed by atoms with Crippen LogP contribution in [0.4, 0.5) is 34.1 Å². The summed E-state index contributed by atoms with van der Waals surface area (Å²) in [5.41, 5.74) is 14.9. The van der Waals surface area contributed by atoms with Gasteiger partial charge >= 0.3 is 0 Å². The van der Waals surface area contributed by atoms with Crippen molar-refractivity contribution in [3.63, 3.8) is 0 Å². The Kier molecular flexibility index (Phi) is 8.33. The van der Waals surface area contributed by atoms with E-state index >= 15 is 0 Å². The molecule has 1 aliphatic heterocycles. The fourth-order valence-corrected chi connectivity index (χ4v) is 13.7. The molecule has 3 heterocycles. The summed E-state index contributed by atoms with van der Waals surface area (Å²) in [6.07, 6.45) is 0. The number of benzene rings is 10. The summed E-state index contributed by atoms with van der Waals surface area (Å²) in [6, 6.07) is 78.8. The summed E-state index contributed by atoms with van der Waals surface area (Å²) < 4.78 is 13.2. The molecule has 0 spiro atoms. The predicted molar refractivity (Wildman–Crippen MR) is 275 cm³/mol. The average molecular weight is 851 g/mol. The lowest BCUT2D eigenvalue weighted by Crippen LogP contribution is -2.56. The Bertz CT molecular complexity index is 3830. The molecule has 0 aliphatic carbocycles. The molecule has 0 radical (unpaired) electrons. The molecule has 0 amide bonds. The van der Waals surface area contributed by atoms with E-state index in [1.807, 2.05) is 12.1 Å². The second-order valence-electron chi connectivity index (χ2n) is 17.6. The van der Waals surface area contributed by atoms with Gasteiger partial charge < -0.3 is 18.6 Å². The van der Waals surface area contributed by atoms with E-state index < -0.39 is 8.07 Å². The Balaban J connectivity index is 1.01. The fourth-order valence-electron chi connectivity index (χ4n) is 10.6. The number of rotatable bonds is 7. The maximum absolute atomic E-state index is 6.67. The van der Waals surface area contributed by atoms with E-state index in [-0.39, 0.29) is 0 Å². The van der Waals surface area contributed by atoms with Crippen LogP contribution in [-0.2, 0) is 0 Å². The van der Waals surface area contributed by atoms with Gasteiger partial charge in [-0.15, -0.1) is 0 Å². The number of para-hydroxylation sites is 5. The quantitative estimate of drug-likeness (QED) is 0.150. The Labute approximate surface area is 377 Å². The third kappa shape index (κ3) is 5.76. The summed E-state index contributed by atoms with van der Waals surface area (Å²) in [6.45, 7) is 5.04. The molecule has 0 fully saturated rings. The van der Waals surface area contributed by atoms with Gasteiger partial charge in [-0.25, -0.2) is 0 Å². The topological polar surface area (TPSA) is 32.8 Å². The molecule has 0 atom stereocenters. The first kappa shape index (κ1) is 37.4. The van der Waals surface area contributed by atoms with Gasteiger partial charge in [-0.2, -0.15) is 0 Å². The van der Waals surface area contributed by atoms with Crippen molar-refractivity contribution in [1.82, 2.24) is 0 Å². The van der Waals surface area contributed by atoms with Crippen LogP contribution < -0.4 is 20.2 Å². The van der Waals surface area contributed by atoms with E-state index in [1.165, 1.54) is 37.8 Å². The highest BCUT2D eigenvalue weighted by Crippen LogP contribution is 2.48. The second-order valence-corrected chi connectivity index (χ2v) is 22.0. The van der Waals surface area contributed by atoms with Crippen molar-refractivity contribution in [3.05, 3.63) is 218 Å². The number of hydrogen-bond acceptors (Lipinski definition) is 4. The van der Waals surface area contributed by atoms with E-state index in [2.05, 4.69) is 229 Å². The third-order valence-electron chi connectivity index (χ3n) is 13.6. The van der Waals surface area contributed by atoms with Crippen molar-refractivity contribution in [2.75, 3.05) is 9.80 Å². The van der Waals surface area contributed by atoms with Crippen molar-refractivity contribution < 1.29 is 8.83 Å². The van der Waals surface area contributed by atoms with Gasteiger partial charge in [0.2, 0.25) is 0 Å². The van der Waals surface area contributed by atoms with Crippen molar-refractivity contribution in [3.8, 4) is 22.3 Å². The summed E-state index contributed by atoms with van der Waals surface area (Å²) in [4.78, 5) is 4.82. The normalized spacial score (nSPS) is 12.9. The molecule has 65 heavy (non-hydrogen) atoms. The van der Waals surface area contributed by atoms with Gasteiger partial charge in [-0.05, 0) is 99.2 Å². The van der Waals surface area contributed by atoms with E-state index in [0.29, 0.717) is 0 Å². The van der Waals surface area contributed by atoms with E-state index in [0.717, 1.165) is 83.6 Å². The van der Waals surface area contributed by atoms with Crippen molar-refractivity contribution >= 4 is 107 Å². The van der Waals surface area contributed by atoms with Crippen LogP contribution in [0.25, 0.3) is 76.9 Å². The standard InChI is InChI=1S/C60H42N2O2Si/c1-65(2)57-30-16-25-50-52(62(51-26-12-9-21-43(51)39-17-5-3-6-18-39)41-31-33-46-44-22-10-13-28-54(44)63-56(46)37-41)36-35-48(59(50)57)47-34-32-42(38-58(47)65)61(40-19-7-4-8-20-40)53-27-15-24-49-45-23-11-14-29-55(45)64-60(49)53/h3-38H,1-2H3. The minimum absolute atomic E-state index is 0.869. The smallest absolute Gasteiger partial charge is 0.159 e. The Hall–Kier alpha value is -8.12. The minimum atomic E-state index is -2.34. The maximum Gasteiger partial charge on any atom is 0.159 e. The average Bonchev–Trinajstić information content (AvgIpc) is 3.93. The van der Waals surface area contributed by atoms with Gasteiger partial charge in [0.15, 0.2) is 5.58 Å². The molecule has 13 rings (SSSR count). The van der Waals surface area contributed by atoms with Crippen LogP contribution in [0.15, 0.2) is 227 Å². The van der Waals surface area contributed by atoms with E-state index in [9.17, 15) is 0 Å². The Morgan fingerprint density at radius 1 is 0.338 bits per heavy atom. The van der Waals surface area contributed by atoms with Crippen molar-refractivity contribution in [2.45, 2.75) is 13.1 Å². The third-order valence-corrected chi connectivity index (χ3v) is 17.2. The zero-order chi connectivity index (χ0) is 43.2. The highest BCUT2D eigenvalue weighted by atomic mass is 28.3. The van der Waals surface area contributed by atoms with Crippen LogP contribution in [0.3, 0.4) is 0 Å². The molecule has 1 aliphatic rings. The molecule has 12 aromatic rings. The summed E-state index contributed by atoms with van der Waals surface area (Å²) in [7, 11) is -2.34. The molecule has 4 nitrogen and oxygen atoms in total. The molecule has 5 heteroatoms. The summed E-state index contributed by atoms with van der Waals surface area (Å²) in [5.74, 6) is 0. The SMILES string of the molecule is C[Si]1(C)c2cc(N(c3ccccc3)c3cccc4c3oc3ccccc34)ccc2-c2ccc(N(c3ccc4c(c3)oc3ccccc34)c3ccccc3-c3ccccc3)c3cccc1c23. The van der Waals surface area contributed by atoms with Gasteiger partial charge in [-0.1, -0.05) is 159 Å². The Morgan fingerprint density at radius 2 is 0.938 bits per heavy atom. The minimum Gasteiger partial charge on any atom is -0.456 e. The zero-order valence-electron chi connectivity index (χ0n) is 36.0. The maximum atomic E-state index is 6.67. The van der Waals surface area contributed by atoms with E-state index in [1.54, 1.807) is 0 Å². The first-order valence-electron chi connectivity index (χ1n) is 22.3. The molecule has 0 N–H and O–H groups in total. The van der Waals surface area contributed by atoms with Gasteiger partial charge in [0.25, 0.3) is 0 Å². The van der Waals surface area contributed by atoms with Crippen LogP contribution in [0.1, 0.15) is 0 Å². The molecule has 2 aromatic heterocycles. The lowest BCUT2D eigenvalue weighted by Gasteiger charge is -2.36. The second kappa shape index (κ2) is 14.5. The first-order valence-corrected chi connectivity index (χ1v) is 25.3. The first-order chi connectivity index (χ1) is 32.0. The van der Waals surface area contributed by atoms with Crippen LogP contribution >= 0.6 is 0 Å².